The van der Waals surface area contributed by atoms with Gasteiger partial charge in [0.15, 0.2) is 6.29 Å². The van der Waals surface area contributed by atoms with Crippen LogP contribution in [0.15, 0.2) is 0 Å². The Bertz CT molecular complexity index is 70.1. The Kier molecular flexibility index (Phi) is 3.39. The van der Waals surface area contributed by atoms with Gasteiger partial charge in [-0.05, 0) is 6.92 Å². The van der Waals surface area contributed by atoms with Gasteiger partial charge < -0.3 is 14.6 Å². The molecule has 0 aliphatic heterocycles. The molecule has 1 N–H and O–H groups in total. The Hall–Kier alpha value is -0.410. The van der Waals surface area contributed by atoms with Crippen LogP contribution in [0.3, 0.4) is 0 Å². The van der Waals surface area contributed by atoms with Crippen LogP contribution in [0.2, 0.25) is 0 Å². The predicted octanol–water partition coefficient (Wildman–Crippen LogP) is -0.419. The molecule has 0 fully saturated rings. The number of hydrogen-bond donors (Lipinski definition) is 1. The van der Waals surface area contributed by atoms with E-state index >= 15 is 0 Å². The average molecular weight is 118 g/mol. The fourth-order valence-electron chi connectivity index (χ4n) is 0.366. The lowest BCUT2D eigenvalue weighted by molar-refractivity contribution is -0.121. The summed E-state index contributed by atoms with van der Waals surface area (Å²) in [6, 6.07) is 0. The van der Waals surface area contributed by atoms with E-state index in [4.69, 9.17) is 5.11 Å². The summed E-state index contributed by atoms with van der Waals surface area (Å²) in [7, 11) is 1.38. The highest BCUT2D eigenvalue weighted by Gasteiger charge is 2.10. The van der Waals surface area contributed by atoms with Crippen molar-refractivity contribution in [3.63, 3.8) is 0 Å². The number of rotatable bonds is 3. The van der Waals surface area contributed by atoms with Gasteiger partial charge in [-0.25, -0.2) is 0 Å². The van der Waals surface area contributed by atoms with Gasteiger partial charge >= 0.3 is 0 Å². The highest BCUT2D eigenvalue weighted by molar-refractivity contribution is 5.56. The van der Waals surface area contributed by atoms with Gasteiger partial charge in [0.05, 0.1) is 6.10 Å². The molecule has 0 heterocycles. The monoisotopic (exact) mass is 118 g/mol. The van der Waals surface area contributed by atoms with Crippen molar-refractivity contribution in [3.05, 3.63) is 0 Å². The van der Waals surface area contributed by atoms with E-state index in [1.54, 1.807) is 0 Å². The molecule has 2 unspecified atom stereocenters. The summed E-state index contributed by atoms with van der Waals surface area (Å²) >= 11 is 0. The number of aldehydes is 1. The molecular weight excluding hydrogens is 108 g/mol. The van der Waals surface area contributed by atoms with Gasteiger partial charge in [-0.2, -0.15) is 0 Å². The summed E-state index contributed by atoms with van der Waals surface area (Å²) in [6.07, 6.45) is -0.808. The molecule has 0 aromatic carbocycles. The Balaban J connectivity index is 3.51. The van der Waals surface area contributed by atoms with Gasteiger partial charge in [-0.1, -0.05) is 0 Å². The lowest BCUT2D eigenvalue weighted by Crippen LogP contribution is -2.25. The van der Waals surface area contributed by atoms with Crippen LogP contribution in [-0.2, 0) is 9.53 Å². The zero-order valence-electron chi connectivity index (χ0n) is 5.00. The Labute approximate surface area is 48.3 Å². The molecule has 0 rings (SSSR count). The summed E-state index contributed by atoms with van der Waals surface area (Å²) in [5.41, 5.74) is 0. The third kappa shape index (κ3) is 2.04. The molecule has 0 aliphatic carbocycles. The SMILES string of the molecule is COC(C=O)C(C)O. The van der Waals surface area contributed by atoms with Crippen molar-refractivity contribution in [2.75, 3.05) is 7.11 Å². The molecule has 2 atom stereocenters. The highest BCUT2D eigenvalue weighted by atomic mass is 16.5. The molecule has 48 valence electrons. The fraction of sp³-hybridized carbons (Fsp3) is 0.800. The largest absolute Gasteiger partial charge is 0.390 e. The van der Waals surface area contributed by atoms with E-state index in [1.807, 2.05) is 0 Å². The maximum Gasteiger partial charge on any atom is 0.151 e. The Morgan fingerprint density at radius 1 is 1.75 bits per heavy atom. The minimum Gasteiger partial charge on any atom is -0.390 e. The van der Waals surface area contributed by atoms with E-state index in [9.17, 15) is 4.79 Å². The van der Waals surface area contributed by atoms with Gasteiger partial charge in [0.1, 0.15) is 6.10 Å². The minimum atomic E-state index is -0.711. The number of aliphatic hydroxyl groups is 1. The molecule has 0 aromatic heterocycles. The zero-order valence-corrected chi connectivity index (χ0v) is 5.00. The van der Waals surface area contributed by atoms with Crippen molar-refractivity contribution < 1.29 is 14.6 Å². The van der Waals surface area contributed by atoms with Crippen LogP contribution in [0.4, 0.5) is 0 Å². The standard InChI is InChI=1S/C5H10O3/c1-4(7)5(3-6)8-2/h3-5,7H,1-2H3. The molecule has 0 radical (unpaired) electrons. The molecule has 0 bridgehead atoms. The molecule has 0 aliphatic rings. The van der Waals surface area contributed by atoms with E-state index in [0.717, 1.165) is 0 Å². The van der Waals surface area contributed by atoms with Crippen molar-refractivity contribution in [1.29, 1.82) is 0 Å². The predicted molar refractivity (Wildman–Crippen MR) is 28.5 cm³/mol. The first-order valence-corrected chi connectivity index (χ1v) is 2.38. The van der Waals surface area contributed by atoms with Crippen LogP contribution in [0.5, 0.6) is 0 Å². The topological polar surface area (TPSA) is 46.5 Å². The van der Waals surface area contributed by atoms with E-state index < -0.39 is 12.2 Å². The summed E-state index contributed by atoms with van der Waals surface area (Å²) in [6.45, 7) is 1.50. The maximum atomic E-state index is 9.89. The molecule has 0 aromatic rings. The molecule has 3 heteroatoms. The second-order valence-electron chi connectivity index (χ2n) is 1.58. The van der Waals surface area contributed by atoms with Crippen LogP contribution in [0.25, 0.3) is 0 Å². The number of carbonyl (C=O) groups is 1. The Morgan fingerprint density at radius 3 is 2.25 bits per heavy atom. The van der Waals surface area contributed by atoms with E-state index in [2.05, 4.69) is 4.74 Å². The lowest BCUT2D eigenvalue weighted by atomic mass is 10.2. The molecule has 3 nitrogen and oxygen atoms in total. The first-order valence-electron chi connectivity index (χ1n) is 2.38. The van der Waals surface area contributed by atoms with Crippen molar-refractivity contribution >= 4 is 6.29 Å². The summed E-state index contributed by atoms with van der Waals surface area (Å²) < 4.78 is 4.54. The van der Waals surface area contributed by atoms with Crippen molar-refractivity contribution in [2.24, 2.45) is 0 Å². The van der Waals surface area contributed by atoms with Crippen LogP contribution in [0, 0.1) is 0 Å². The minimum absolute atomic E-state index is 0.574. The van der Waals surface area contributed by atoms with Crippen LogP contribution >= 0.6 is 0 Å². The summed E-state index contributed by atoms with van der Waals surface area (Å²) in [4.78, 5) is 9.89. The van der Waals surface area contributed by atoms with E-state index in [1.165, 1.54) is 14.0 Å². The van der Waals surface area contributed by atoms with Crippen LogP contribution in [0.1, 0.15) is 6.92 Å². The number of methoxy groups -OCH3 is 1. The molecule has 0 saturated heterocycles. The third-order valence-electron chi connectivity index (χ3n) is 0.882. The van der Waals surface area contributed by atoms with Gasteiger partial charge in [0.25, 0.3) is 0 Å². The number of carbonyl (C=O) groups excluding carboxylic acids is 1. The smallest absolute Gasteiger partial charge is 0.151 e. The highest BCUT2D eigenvalue weighted by Crippen LogP contribution is 1.91. The van der Waals surface area contributed by atoms with Crippen molar-refractivity contribution in [2.45, 2.75) is 19.1 Å². The van der Waals surface area contributed by atoms with Crippen molar-refractivity contribution in [3.8, 4) is 0 Å². The van der Waals surface area contributed by atoms with Crippen LogP contribution < -0.4 is 0 Å². The first kappa shape index (κ1) is 7.59. The summed E-state index contributed by atoms with van der Waals surface area (Å²) in [5.74, 6) is 0. The fourth-order valence-corrected chi connectivity index (χ4v) is 0.366. The van der Waals surface area contributed by atoms with Gasteiger partial charge in [-0.3, -0.25) is 0 Å². The van der Waals surface area contributed by atoms with Gasteiger partial charge in [0.2, 0.25) is 0 Å². The lowest BCUT2D eigenvalue weighted by Gasteiger charge is -2.09. The van der Waals surface area contributed by atoms with Crippen molar-refractivity contribution in [1.82, 2.24) is 0 Å². The normalized spacial score (nSPS) is 17.4. The molecule has 8 heavy (non-hydrogen) atoms. The van der Waals surface area contributed by atoms with Gasteiger partial charge in [-0.15, -0.1) is 0 Å². The molecule has 0 spiro atoms. The third-order valence-corrected chi connectivity index (χ3v) is 0.882. The number of ether oxygens (including phenoxy) is 1. The van der Waals surface area contributed by atoms with Gasteiger partial charge in [0, 0.05) is 7.11 Å². The molecular formula is C5H10O3. The maximum absolute atomic E-state index is 9.89. The Morgan fingerprint density at radius 2 is 2.25 bits per heavy atom. The molecule has 0 saturated carbocycles. The van der Waals surface area contributed by atoms with Crippen LogP contribution in [-0.4, -0.2) is 30.7 Å². The zero-order chi connectivity index (χ0) is 6.57. The average Bonchev–Trinajstić information content (AvgIpc) is 1.69. The van der Waals surface area contributed by atoms with E-state index in [0.29, 0.717) is 6.29 Å². The molecule has 0 amide bonds. The number of aliphatic hydroxyl groups excluding tert-OH is 1. The number of hydrogen-bond acceptors (Lipinski definition) is 3. The van der Waals surface area contributed by atoms with E-state index in [-0.39, 0.29) is 0 Å². The first-order chi connectivity index (χ1) is 3.72. The second-order valence-corrected chi connectivity index (χ2v) is 1.58. The quantitative estimate of drug-likeness (QED) is 0.512. The second kappa shape index (κ2) is 3.57. The summed E-state index contributed by atoms with van der Waals surface area (Å²) in [5, 5.41) is 8.66.